The molecule has 0 atom stereocenters. The molecule has 6 nitrogen and oxygen atoms in total. The van der Waals surface area contributed by atoms with Crippen LogP contribution in [0.3, 0.4) is 0 Å². The predicted octanol–water partition coefficient (Wildman–Crippen LogP) is 4.26. The van der Waals surface area contributed by atoms with Crippen molar-refractivity contribution in [3.63, 3.8) is 0 Å². The highest BCUT2D eigenvalue weighted by Crippen LogP contribution is 2.29. The van der Waals surface area contributed by atoms with Gasteiger partial charge in [-0.15, -0.1) is 11.3 Å². The Hall–Kier alpha value is -3.14. The number of thiophene rings is 1. The second-order valence-corrected chi connectivity index (χ2v) is 5.95. The molecule has 0 aliphatic carbocycles. The van der Waals surface area contributed by atoms with Gasteiger partial charge in [-0.1, -0.05) is 6.07 Å². The van der Waals surface area contributed by atoms with Gasteiger partial charge in [-0.05, 0) is 35.7 Å². The molecule has 0 aliphatic heterocycles. The van der Waals surface area contributed by atoms with Gasteiger partial charge < -0.3 is 9.73 Å². The number of hydrogen-bond donors (Lipinski definition) is 2. The zero-order chi connectivity index (χ0) is 18.7. The van der Waals surface area contributed by atoms with Crippen LogP contribution in [0.1, 0.15) is 25.7 Å². The first kappa shape index (κ1) is 17.7. The van der Waals surface area contributed by atoms with Crippen LogP contribution in [0.25, 0.3) is 0 Å². The van der Waals surface area contributed by atoms with Crippen LogP contribution in [-0.2, 0) is 6.18 Å². The zero-order valence-electron chi connectivity index (χ0n) is 12.8. The molecule has 0 unspecified atom stereocenters. The minimum Gasteiger partial charge on any atom is -0.431 e. The number of hydrogen-bond acceptors (Lipinski definition) is 5. The number of oxazole rings is 1. The van der Waals surface area contributed by atoms with E-state index in [4.69, 9.17) is 4.42 Å². The van der Waals surface area contributed by atoms with Gasteiger partial charge in [0.2, 0.25) is 0 Å². The Morgan fingerprint density at radius 1 is 1.04 bits per heavy atom. The first-order chi connectivity index (χ1) is 12.3. The predicted molar refractivity (Wildman–Crippen MR) is 88.2 cm³/mol. The van der Waals surface area contributed by atoms with Crippen LogP contribution in [0.4, 0.5) is 24.9 Å². The summed E-state index contributed by atoms with van der Waals surface area (Å²) in [5.41, 5.74) is -0.794. The highest BCUT2D eigenvalue weighted by molar-refractivity contribution is 7.12. The van der Waals surface area contributed by atoms with Crippen molar-refractivity contribution in [2.24, 2.45) is 0 Å². The number of carbonyl (C=O) groups is 2. The summed E-state index contributed by atoms with van der Waals surface area (Å²) in [6, 6.07) is 7.11. The Morgan fingerprint density at radius 2 is 1.77 bits per heavy atom. The topological polar surface area (TPSA) is 84.2 Å². The molecule has 0 aliphatic rings. The van der Waals surface area contributed by atoms with Gasteiger partial charge in [0.05, 0.1) is 10.4 Å². The van der Waals surface area contributed by atoms with Gasteiger partial charge in [-0.3, -0.25) is 14.9 Å². The molecule has 2 heterocycles. The van der Waals surface area contributed by atoms with E-state index in [9.17, 15) is 22.8 Å². The summed E-state index contributed by atoms with van der Waals surface area (Å²) in [7, 11) is 0. The van der Waals surface area contributed by atoms with E-state index in [-0.39, 0.29) is 17.4 Å². The summed E-state index contributed by atoms with van der Waals surface area (Å²) in [6.07, 6.45) is -3.42. The van der Waals surface area contributed by atoms with Crippen LogP contribution < -0.4 is 10.6 Å². The van der Waals surface area contributed by atoms with Crippen molar-refractivity contribution >= 4 is 34.9 Å². The molecule has 2 amide bonds. The Labute approximate surface area is 148 Å². The molecule has 2 aromatic heterocycles. The summed E-state index contributed by atoms with van der Waals surface area (Å²) >= 11 is 1.23. The van der Waals surface area contributed by atoms with Crippen molar-refractivity contribution in [2.45, 2.75) is 6.18 Å². The number of nitrogens with zero attached hydrogens (tertiary/aromatic N) is 1. The van der Waals surface area contributed by atoms with Gasteiger partial charge in [-0.2, -0.15) is 18.2 Å². The summed E-state index contributed by atoms with van der Waals surface area (Å²) in [5.74, 6) is -1.12. The van der Waals surface area contributed by atoms with Crippen LogP contribution in [0, 0.1) is 0 Å². The molecule has 0 fully saturated rings. The van der Waals surface area contributed by atoms with E-state index in [1.54, 1.807) is 17.5 Å². The van der Waals surface area contributed by atoms with Crippen molar-refractivity contribution in [3.8, 4) is 0 Å². The third kappa shape index (κ3) is 4.09. The Bertz CT molecular complexity index is 918. The summed E-state index contributed by atoms with van der Waals surface area (Å²) in [6.45, 7) is 0. The van der Waals surface area contributed by atoms with Crippen molar-refractivity contribution in [1.29, 1.82) is 0 Å². The van der Waals surface area contributed by atoms with E-state index in [0.29, 0.717) is 4.88 Å². The molecule has 134 valence electrons. The molecular weight excluding hydrogens is 371 g/mol. The number of carbonyl (C=O) groups excluding carboxylic acids is 2. The van der Waals surface area contributed by atoms with Crippen LogP contribution in [0.5, 0.6) is 0 Å². The smallest absolute Gasteiger partial charge is 0.416 e. The van der Waals surface area contributed by atoms with Gasteiger partial charge in [-0.25, -0.2) is 0 Å². The third-order valence-corrected chi connectivity index (χ3v) is 4.04. The largest absolute Gasteiger partial charge is 0.431 e. The lowest BCUT2D eigenvalue weighted by molar-refractivity contribution is -0.137. The van der Waals surface area contributed by atoms with Crippen molar-refractivity contribution in [2.75, 3.05) is 10.6 Å². The molecule has 2 N–H and O–H groups in total. The van der Waals surface area contributed by atoms with E-state index in [0.717, 1.165) is 30.5 Å². The Kier molecular flexibility index (Phi) is 4.76. The molecule has 3 aromatic rings. The molecule has 26 heavy (non-hydrogen) atoms. The highest BCUT2D eigenvalue weighted by atomic mass is 32.1. The van der Waals surface area contributed by atoms with Gasteiger partial charge >= 0.3 is 12.2 Å². The molecule has 0 radical (unpaired) electrons. The first-order valence-corrected chi connectivity index (χ1v) is 8.00. The van der Waals surface area contributed by atoms with E-state index in [1.165, 1.54) is 11.3 Å². The molecule has 3 rings (SSSR count). The number of benzene rings is 1. The minimum absolute atomic E-state index is 0.133. The third-order valence-electron chi connectivity index (χ3n) is 3.17. The van der Waals surface area contributed by atoms with Crippen LogP contribution in [0.15, 0.2) is 52.5 Å². The number of aromatic nitrogens is 1. The molecule has 0 saturated heterocycles. The average Bonchev–Trinajstić information content (AvgIpc) is 3.26. The fourth-order valence-corrected chi connectivity index (χ4v) is 2.56. The maximum Gasteiger partial charge on any atom is 0.416 e. The van der Waals surface area contributed by atoms with Crippen molar-refractivity contribution < 1.29 is 27.2 Å². The SMILES string of the molecule is O=C(Nc1ccc(C(F)(F)F)cc1)c1coc(NC(=O)c2cccs2)n1. The number of halogens is 3. The van der Waals surface area contributed by atoms with E-state index in [1.807, 2.05) is 0 Å². The lowest BCUT2D eigenvalue weighted by atomic mass is 10.2. The van der Waals surface area contributed by atoms with Gasteiger partial charge in [0.15, 0.2) is 5.69 Å². The monoisotopic (exact) mass is 381 g/mol. The highest BCUT2D eigenvalue weighted by Gasteiger charge is 2.30. The molecule has 0 spiro atoms. The summed E-state index contributed by atoms with van der Waals surface area (Å²) in [5, 5.41) is 6.52. The minimum atomic E-state index is -4.45. The second kappa shape index (κ2) is 7.00. The molecule has 0 bridgehead atoms. The van der Waals surface area contributed by atoms with E-state index >= 15 is 0 Å². The number of alkyl halides is 3. The first-order valence-electron chi connectivity index (χ1n) is 7.12. The Morgan fingerprint density at radius 3 is 2.38 bits per heavy atom. The van der Waals surface area contributed by atoms with Crippen LogP contribution >= 0.6 is 11.3 Å². The van der Waals surface area contributed by atoms with Crippen LogP contribution in [0.2, 0.25) is 0 Å². The quantitative estimate of drug-likeness (QED) is 0.707. The second-order valence-electron chi connectivity index (χ2n) is 5.00. The number of anilines is 2. The standard InChI is InChI=1S/C16H10F3N3O3S/c17-16(18,19)9-3-5-10(6-4-9)20-13(23)11-8-25-15(21-11)22-14(24)12-2-1-7-26-12/h1-8H,(H,20,23)(H,21,22,24). The molecular formula is C16H10F3N3O3S. The number of rotatable bonds is 4. The molecule has 1 aromatic carbocycles. The van der Waals surface area contributed by atoms with E-state index in [2.05, 4.69) is 15.6 Å². The molecule has 0 saturated carbocycles. The lowest BCUT2D eigenvalue weighted by Crippen LogP contribution is -2.14. The zero-order valence-corrected chi connectivity index (χ0v) is 13.6. The van der Waals surface area contributed by atoms with Gasteiger partial charge in [0.1, 0.15) is 6.26 Å². The summed E-state index contributed by atoms with van der Waals surface area (Å²) in [4.78, 5) is 28.2. The summed E-state index contributed by atoms with van der Waals surface area (Å²) < 4.78 is 42.5. The fourth-order valence-electron chi connectivity index (χ4n) is 1.94. The number of nitrogens with one attached hydrogen (secondary N) is 2. The van der Waals surface area contributed by atoms with Gasteiger partial charge in [0, 0.05) is 5.69 Å². The maximum atomic E-state index is 12.5. The average molecular weight is 381 g/mol. The van der Waals surface area contributed by atoms with Crippen molar-refractivity contribution in [1.82, 2.24) is 4.98 Å². The van der Waals surface area contributed by atoms with Crippen LogP contribution in [-0.4, -0.2) is 16.8 Å². The van der Waals surface area contributed by atoms with Gasteiger partial charge in [0.25, 0.3) is 11.8 Å². The normalized spacial score (nSPS) is 11.2. The Balaban J connectivity index is 1.64. The van der Waals surface area contributed by atoms with E-state index < -0.39 is 23.6 Å². The lowest BCUT2D eigenvalue weighted by Gasteiger charge is -2.07. The maximum absolute atomic E-state index is 12.5. The fraction of sp³-hybridized carbons (Fsp3) is 0.0625. The van der Waals surface area contributed by atoms with Crippen molar-refractivity contribution in [3.05, 3.63) is 64.2 Å². The number of amides is 2. The molecule has 10 heteroatoms.